The van der Waals surface area contributed by atoms with Gasteiger partial charge in [0, 0.05) is 16.9 Å². The maximum Gasteiger partial charge on any atom is 0.228 e. The van der Waals surface area contributed by atoms with E-state index >= 15 is 0 Å². The van der Waals surface area contributed by atoms with Gasteiger partial charge in [-0.15, -0.1) is 0 Å². The summed E-state index contributed by atoms with van der Waals surface area (Å²) < 4.78 is 15.6. The Morgan fingerprint density at radius 1 is 1.22 bits per heavy atom. The van der Waals surface area contributed by atoms with Gasteiger partial charge in [-0.25, -0.2) is 9.07 Å². The number of nitrogens with zero attached hydrogens (tertiary/aromatic N) is 2. The number of benzene rings is 2. The number of para-hydroxylation sites is 1. The molecule has 3 N–H and O–H groups in total. The number of aryl methyl sites for hydroxylation is 1. The Bertz CT molecular complexity index is 1010. The predicted molar refractivity (Wildman–Crippen MR) is 106 cm³/mol. The average molecular weight is 407 g/mol. The quantitative estimate of drug-likeness (QED) is 0.616. The van der Waals surface area contributed by atoms with Gasteiger partial charge in [-0.1, -0.05) is 35.3 Å². The number of carbonyl (C=O) groups is 1. The highest BCUT2D eigenvalue weighted by molar-refractivity contribution is 6.39. The number of nitrogens with one attached hydrogen (secondary N) is 1. The standard InChI is InChI=1S/C19H17Cl2FN4O/c1-10-13(11(2)26(25-10)17-6-4-3-5-16(17)22)9-18(27)24-12-7-14(20)19(23)15(21)8-12/h3-8H,9,23H2,1-2H3,(H,24,27). The summed E-state index contributed by atoms with van der Waals surface area (Å²) in [4.78, 5) is 12.5. The normalized spacial score (nSPS) is 10.9. The largest absolute Gasteiger partial charge is 0.396 e. The number of rotatable bonds is 4. The van der Waals surface area contributed by atoms with Crippen molar-refractivity contribution in [1.82, 2.24) is 9.78 Å². The number of nitrogen functional groups attached to an aromatic ring is 1. The van der Waals surface area contributed by atoms with E-state index in [1.54, 1.807) is 32.0 Å². The summed E-state index contributed by atoms with van der Waals surface area (Å²) in [7, 11) is 0. The van der Waals surface area contributed by atoms with E-state index in [4.69, 9.17) is 28.9 Å². The Balaban J connectivity index is 1.84. The second-order valence-corrected chi connectivity index (χ2v) is 6.91. The van der Waals surface area contributed by atoms with Crippen molar-refractivity contribution in [3.8, 4) is 5.69 Å². The highest BCUT2D eigenvalue weighted by Gasteiger charge is 2.18. The molecule has 1 heterocycles. The summed E-state index contributed by atoms with van der Waals surface area (Å²) in [5, 5.41) is 7.64. The maximum absolute atomic E-state index is 14.1. The molecule has 140 valence electrons. The van der Waals surface area contributed by atoms with E-state index in [0.29, 0.717) is 22.8 Å². The molecule has 0 unspecified atom stereocenters. The SMILES string of the molecule is Cc1nn(-c2ccccc2F)c(C)c1CC(=O)Nc1cc(Cl)c(N)c(Cl)c1. The van der Waals surface area contributed by atoms with Crippen LogP contribution in [0.1, 0.15) is 17.0 Å². The van der Waals surface area contributed by atoms with E-state index in [-0.39, 0.29) is 33.9 Å². The van der Waals surface area contributed by atoms with Crippen molar-refractivity contribution in [1.29, 1.82) is 0 Å². The van der Waals surface area contributed by atoms with Crippen LogP contribution in [0.3, 0.4) is 0 Å². The summed E-state index contributed by atoms with van der Waals surface area (Å²) >= 11 is 12.0. The van der Waals surface area contributed by atoms with Crippen LogP contribution in [0.15, 0.2) is 36.4 Å². The number of carbonyl (C=O) groups excluding carboxylic acids is 1. The summed E-state index contributed by atoms with van der Waals surface area (Å²) in [6.45, 7) is 3.58. The Labute approximate surface area is 165 Å². The highest BCUT2D eigenvalue weighted by Crippen LogP contribution is 2.31. The molecular weight excluding hydrogens is 390 g/mol. The van der Waals surface area contributed by atoms with Crippen LogP contribution in [0.4, 0.5) is 15.8 Å². The number of aromatic nitrogens is 2. The Kier molecular flexibility index (Phi) is 5.39. The third-order valence-corrected chi connectivity index (χ3v) is 4.85. The predicted octanol–water partition coefficient (Wildman–Crippen LogP) is 4.70. The molecule has 0 aliphatic carbocycles. The third-order valence-electron chi connectivity index (χ3n) is 4.22. The number of hydrogen-bond donors (Lipinski definition) is 2. The topological polar surface area (TPSA) is 72.9 Å². The first-order chi connectivity index (χ1) is 12.8. The van der Waals surface area contributed by atoms with Crippen LogP contribution >= 0.6 is 23.2 Å². The van der Waals surface area contributed by atoms with Gasteiger partial charge in [-0.3, -0.25) is 4.79 Å². The molecule has 2 aromatic carbocycles. The zero-order valence-corrected chi connectivity index (χ0v) is 16.2. The first kappa shape index (κ1) is 19.2. The molecule has 8 heteroatoms. The molecule has 0 radical (unpaired) electrons. The summed E-state index contributed by atoms with van der Waals surface area (Å²) in [5.41, 5.74) is 8.81. The van der Waals surface area contributed by atoms with E-state index in [1.165, 1.54) is 22.9 Å². The zero-order valence-electron chi connectivity index (χ0n) is 14.7. The molecule has 27 heavy (non-hydrogen) atoms. The summed E-state index contributed by atoms with van der Waals surface area (Å²) in [6, 6.07) is 9.41. The van der Waals surface area contributed by atoms with Gasteiger partial charge in [0.2, 0.25) is 5.91 Å². The molecule has 1 amide bonds. The molecule has 3 aromatic rings. The van der Waals surface area contributed by atoms with E-state index in [0.717, 1.165) is 5.56 Å². The minimum absolute atomic E-state index is 0.0751. The minimum Gasteiger partial charge on any atom is -0.396 e. The average Bonchev–Trinajstić information content (AvgIpc) is 2.88. The van der Waals surface area contributed by atoms with Gasteiger partial charge in [0.15, 0.2) is 0 Å². The molecule has 0 spiro atoms. The van der Waals surface area contributed by atoms with Gasteiger partial charge < -0.3 is 11.1 Å². The van der Waals surface area contributed by atoms with Gasteiger partial charge in [0.1, 0.15) is 11.5 Å². The van der Waals surface area contributed by atoms with Crippen LogP contribution in [0.25, 0.3) is 5.69 Å². The van der Waals surface area contributed by atoms with Crippen molar-refractivity contribution in [2.75, 3.05) is 11.1 Å². The summed E-state index contributed by atoms with van der Waals surface area (Å²) in [6.07, 6.45) is 0.0751. The lowest BCUT2D eigenvalue weighted by Crippen LogP contribution is -2.15. The van der Waals surface area contributed by atoms with Crippen LogP contribution in [0.2, 0.25) is 10.0 Å². The number of anilines is 2. The van der Waals surface area contributed by atoms with E-state index in [1.807, 2.05) is 0 Å². The van der Waals surface area contributed by atoms with Crippen molar-refractivity contribution in [2.24, 2.45) is 0 Å². The molecule has 0 aliphatic heterocycles. The minimum atomic E-state index is -0.384. The van der Waals surface area contributed by atoms with Crippen molar-refractivity contribution < 1.29 is 9.18 Å². The number of halogens is 3. The Morgan fingerprint density at radius 3 is 2.48 bits per heavy atom. The molecule has 0 atom stereocenters. The maximum atomic E-state index is 14.1. The van der Waals surface area contributed by atoms with E-state index in [9.17, 15) is 9.18 Å². The first-order valence-electron chi connectivity index (χ1n) is 8.12. The van der Waals surface area contributed by atoms with Gasteiger partial charge in [-0.05, 0) is 38.1 Å². The number of hydrogen-bond acceptors (Lipinski definition) is 3. The summed E-state index contributed by atoms with van der Waals surface area (Å²) in [5.74, 6) is -0.656. The van der Waals surface area contributed by atoms with E-state index < -0.39 is 0 Å². The number of nitrogens with two attached hydrogens (primary N) is 1. The Hall–Kier alpha value is -2.57. The van der Waals surface area contributed by atoms with Crippen LogP contribution in [-0.4, -0.2) is 15.7 Å². The lowest BCUT2D eigenvalue weighted by molar-refractivity contribution is -0.115. The molecular formula is C19H17Cl2FN4O. The van der Waals surface area contributed by atoms with Crippen molar-refractivity contribution in [3.63, 3.8) is 0 Å². The monoisotopic (exact) mass is 406 g/mol. The fourth-order valence-electron chi connectivity index (χ4n) is 2.81. The molecule has 3 rings (SSSR count). The zero-order chi connectivity index (χ0) is 19.7. The molecule has 5 nitrogen and oxygen atoms in total. The molecule has 0 saturated carbocycles. The molecule has 0 fully saturated rings. The highest BCUT2D eigenvalue weighted by atomic mass is 35.5. The van der Waals surface area contributed by atoms with Gasteiger partial charge in [0.25, 0.3) is 0 Å². The second kappa shape index (κ2) is 7.58. The lowest BCUT2D eigenvalue weighted by Gasteiger charge is -2.09. The smallest absolute Gasteiger partial charge is 0.228 e. The third kappa shape index (κ3) is 3.91. The lowest BCUT2D eigenvalue weighted by atomic mass is 10.1. The van der Waals surface area contributed by atoms with E-state index in [2.05, 4.69) is 10.4 Å². The number of amides is 1. The van der Waals surface area contributed by atoms with Crippen molar-refractivity contribution in [3.05, 3.63) is 69.2 Å². The molecule has 0 aliphatic rings. The second-order valence-electron chi connectivity index (χ2n) is 6.09. The first-order valence-corrected chi connectivity index (χ1v) is 8.88. The van der Waals surface area contributed by atoms with Crippen molar-refractivity contribution >= 4 is 40.5 Å². The van der Waals surface area contributed by atoms with Crippen LogP contribution in [0, 0.1) is 19.7 Å². The van der Waals surface area contributed by atoms with Crippen LogP contribution < -0.4 is 11.1 Å². The van der Waals surface area contributed by atoms with Gasteiger partial charge >= 0.3 is 0 Å². The van der Waals surface area contributed by atoms with Gasteiger partial charge in [0.05, 0.1) is 27.8 Å². The fourth-order valence-corrected chi connectivity index (χ4v) is 3.30. The molecule has 0 saturated heterocycles. The molecule has 0 bridgehead atoms. The van der Waals surface area contributed by atoms with Gasteiger partial charge in [-0.2, -0.15) is 5.10 Å². The Morgan fingerprint density at radius 2 is 1.85 bits per heavy atom. The van der Waals surface area contributed by atoms with Crippen LogP contribution in [-0.2, 0) is 11.2 Å². The van der Waals surface area contributed by atoms with Crippen molar-refractivity contribution in [2.45, 2.75) is 20.3 Å². The van der Waals surface area contributed by atoms with Crippen LogP contribution in [0.5, 0.6) is 0 Å². The molecule has 1 aromatic heterocycles. The fraction of sp³-hybridized carbons (Fsp3) is 0.158.